The quantitative estimate of drug-likeness (QED) is 0.713. The normalized spacial score (nSPS) is 25.2. The van der Waals surface area contributed by atoms with Crippen LogP contribution in [0.4, 0.5) is 0 Å². The van der Waals surface area contributed by atoms with Gasteiger partial charge in [0.25, 0.3) is 0 Å². The molecule has 1 unspecified atom stereocenters. The summed E-state index contributed by atoms with van der Waals surface area (Å²) in [5.74, 6) is 1.52. The van der Waals surface area contributed by atoms with Crippen molar-refractivity contribution >= 4 is 5.71 Å². The van der Waals surface area contributed by atoms with Crippen molar-refractivity contribution in [3.63, 3.8) is 0 Å². The second-order valence-electron chi connectivity index (χ2n) is 7.92. The van der Waals surface area contributed by atoms with E-state index in [0.717, 1.165) is 75.1 Å². The third-order valence-electron chi connectivity index (χ3n) is 5.31. The molecule has 28 heavy (non-hydrogen) atoms. The lowest BCUT2D eigenvalue weighted by Gasteiger charge is -2.26. The van der Waals surface area contributed by atoms with Crippen molar-refractivity contribution in [1.29, 1.82) is 0 Å². The van der Waals surface area contributed by atoms with Gasteiger partial charge in [-0.2, -0.15) is 0 Å². The predicted molar refractivity (Wildman–Crippen MR) is 105 cm³/mol. The van der Waals surface area contributed by atoms with Crippen LogP contribution in [0.1, 0.15) is 32.3 Å². The fourth-order valence-corrected chi connectivity index (χ4v) is 3.74. The number of nitrogens with zero attached hydrogens (tertiary/aromatic N) is 2. The Morgan fingerprint density at radius 3 is 2.75 bits per heavy atom. The van der Waals surface area contributed by atoms with Gasteiger partial charge in [0.15, 0.2) is 17.1 Å². The van der Waals surface area contributed by atoms with Crippen molar-refractivity contribution in [2.75, 3.05) is 52.7 Å². The largest absolute Gasteiger partial charge is 0.488 e. The summed E-state index contributed by atoms with van der Waals surface area (Å²) in [6.45, 7) is 10.4. The van der Waals surface area contributed by atoms with Crippen molar-refractivity contribution in [2.45, 2.75) is 38.4 Å². The fourth-order valence-electron chi connectivity index (χ4n) is 3.74. The van der Waals surface area contributed by atoms with Gasteiger partial charge in [0, 0.05) is 38.0 Å². The highest BCUT2D eigenvalue weighted by molar-refractivity contribution is 6.02. The fraction of sp³-hybridized carbons (Fsp3) is 0.667. The monoisotopic (exact) mass is 390 g/mol. The highest BCUT2D eigenvalue weighted by Gasteiger charge is 2.43. The number of oxime groups is 1. The molecule has 3 aliphatic rings. The summed E-state index contributed by atoms with van der Waals surface area (Å²) in [6.07, 6.45) is 1.72. The van der Waals surface area contributed by atoms with Gasteiger partial charge in [-0.15, -0.1) is 0 Å². The molecule has 0 N–H and O–H groups in total. The van der Waals surface area contributed by atoms with E-state index in [0.29, 0.717) is 13.2 Å². The number of ether oxygens (including phenoxy) is 4. The first kappa shape index (κ1) is 19.5. The molecule has 0 aromatic heterocycles. The molecule has 1 atom stereocenters. The van der Waals surface area contributed by atoms with Gasteiger partial charge in [-0.25, -0.2) is 0 Å². The van der Waals surface area contributed by atoms with Gasteiger partial charge in [0.1, 0.15) is 6.61 Å². The Morgan fingerprint density at radius 1 is 1.14 bits per heavy atom. The van der Waals surface area contributed by atoms with Crippen molar-refractivity contribution in [2.24, 2.45) is 5.16 Å². The molecule has 0 radical (unpaired) electrons. The second-order valence-corrected chi connectivity index (χ2v) is 7.92. The predicted octanol–water partition coefficient (Wildman–Crippen LogP) is 2.47. The molecule has 7 nitrogen and oxygen atoms in total. The summed E-state index contributed by atoms with van der Waals surface area (Å²) >= 11 is 0. The van der Waals surface area contributed by atoms with Gasteiger partial charge >= 0.3 is 0 Å². The van der Waals surface area contributed by atoms with E-state index in [4.69, 9.17) is 23.8 Å². The highest BCUT2D eigenvalue weighted by Crippen LogP contribution is 2.36. The van der Waals surface area contributed by atoms with Gasteiger partial charge in [0.2, 0.25) is 0 Å². The Hall–Kier alpha value is -1.83. The smallest absolute Gasteiger partial charge is 0.168 e. The third-order valence-corrected chi connectivity index (χ3v) is 5.31. The topological polar surface area (TPSA) is 61.8 Å². The van der Waals surface area contributed by atoms with Crippen LogP contribution in [0.2, 0.25) is 0 Å². The van der Waals surface area contributed by atoms with Crippen LogP contribution in [-0.2, 0) is 14.3 Å². The summed E-state index contributed by atoms with van der Waals surface area (Å²) in [6, 6.07) is 6.03. The maximum absolute atomic E-state index is 6.05. The summed E-state index contributed by atoms with van der Waals surface area (Å²) in [5.41, 5.74) is 1.68. The Bertz CT molecular complexity index is 694. The van der Waals surface area contributed by atoms with E-state index in [9.17, 15) is 0 Å². The van der Waals surface area contributed by atoms with Crippen LogP contribution in [-0.4, -0.2) is 75.0 Å². The molecular formula is C21H30N2O5. The second kappa shape index (κ2) is 8.68. The molecule has 1 aromatic rings. The van der Waals surface area contributed by atoms with Crippen molar-refractivity contribution in [3.8, 4) is 11.5 Å². The molecule has 1 spiro atoms. The summed E-state index contributed by atoms with van der Waals surface area (Å²) in [5, 5.41) is 4.34. The van der Waals surface area contributed by atoms with Gasteiger partial charge < -0.3 is 23.8 Å². The van der Waals surface area contributed by atoms with Crippen LogP contribution in [0, 0.1) is 0 Å². The molecule has 2 saturated heterocycles. The first-order valence-corrected chi connectivity index (χ1v) is 10.2. The first-order valence-electron chi connectivity index (χ1n) is 10.2. The average Bonchev–Trinajstić information content (AvgIpc) is 3.33. The van der Waals surface area contributed by atoms with E-state index in [1.165, 1.54) is 0 Å². The van der Waals surface area contributed by atoms with Crippen LogP contribution >= 0.6 is 0 Å². The zero-order valence-electron chi connectivity index (χ0n) is 16.8. The summed E-state index contributed by atoms with van der Waals surface area (Å²) in [7, 11) is 0. The maximum Gasteiger partial charge on any atom is 0.168 e. The van der Waals surface area contributed by atoms with E-state index in [-0.39, 0.29) is 11.7 Å². The van der Waals surface area contributed by atoms with Gasteiger partial charge in [0.05, 0.1) is 38.2 Å². The van der Waals surface area contributed by atoms with Crippen LogP contribution in [0.15, 0.2) is 23.4 Å². The minimum Gasteiger partial charge on any atom is -0.488 e. The van der Waals surface area contributed by atoms with E-state index in [1.807, 2.05) is 32.0 Å². The molecule has 2 fully saturated rings. The molecule has 0 amide bonds. The lowest BCUT2D eigenvalue weighted by atomic mass is 9.93. The standard InChI is InChI=1S/C21H30N2O5/c1-16(2)27-20-13-17(18-14-21(28-22-18)5-9-25-15-21)3-4-19(20)26-12-8-23-6-10-24-11-7-23/h3-4,13,16H,5-12,14-15H2,1-2H3. The number of hydrogen-bond acceptors (Lipinski definition) is 7. The van der Waals surface area contributed by atoms with Gasteiger partial charge in [-0.05, 0) is 32.0 Å². The van der Waals surface area contributed by atoms with E-state index >= 15 is 0 Å². The Labute approximate surface area is 166 Å². The van der Waals surface area contributed by atoms with E-state index in [1.54, 1.807) is 0 Å². The van der Waals surface area contributed by atoms with Crippen LogP contribution in [0.5, 0.6) is 11.5 Å². The molecule has 0 aliphatic carbocycles. The zero-order valence-corrected chi connectivity index (χ0v) is 16.8. The molecule has 4 rings (SSSR count). The summed E-state index contributed by atoms with van der Waals surface area (Å²) < 4.78 is 23.0. The van der Waals surface area contributed by atoms with Crippen LogP contribution in [0.3, 0.4) is 0 Å². The highest BCUT2D eigenvalue weighted by atomic mass is 16.7. The van der Waals surface area contributed by atoms with Crippen molar-refractivity contribution < 1.29 is 23.8 Å². The summed E-state index contributed by atoms with van der Waals surface area (Å²) in [4.78, 5) is 8.08. The van der Waals surface area contributed by atoms with Crippen LogP contribution in [0.25, 0.3) is 0 Å². The Balaban J connectivity index is 1.42. The maximum atomic E-state index is 6.05. The molecule has 7 heteroatoms. The average molecular weight is 390 g/mol. The molecule has 0 saturated carbocycles. The lowest BCUT2D eigenvalue weighted by molar-refractivity contribution is -0.0237. The Morgan fingerprint density at radius 2 is 2.00 bits per heavy atom. The lowest BCUT2D eigenvalue weighted by Crippen LogP contribution is -2.38. The Kier molecular flexibility index (Phi) is 6.04. The van der Waals surface area contributed by atoms with E-state index in [2.05, 4.69) is 10.1 Å². The third kappa shape index (κ3) is 4.59. The van der Waals surface area contributed by atoms with E-state index < -0.39 is 0 Å². The molecule has 0 bridgehead atoms. The minimum absolute atomic E-state index is 0.0631. The van der Waals surface area contributed by atoms with Crippen LogP contribution < -0.4 is 9.47 Å². The van der Waals surface area contributed by atoms with Crippen molar-refractivity contribution in [1.82, 2.24) is 4.90 Å². The molecular weight excluding hydrogens is 360 g/mol. The van der Waals surface area contributed by atoms with Gasteiger partial charge in [-0.1, -0.05) is 5.16 Å². The van der Waals surface area contributed by atoms with Gasteiger partial charge in [-0.3, -0.25) is 4.90 Å². The molecule has 154 valence electrons. The molecule has 3 heterocycles. The first-order chi connectivity index (χ1) is 13.6. The zero-order chi connectivity index (χ0) is 19.4. The number of hydrogen-bond donors (Lipinski definition) is 0. The molecule has 3 aliphatic heterocycles. The number of rotatable bonds is 7. The number of morpholine rings is 1. The molecule has 1 aromatic carbocycles. The minimum atomic E-state index is -0.276. The van der Waals surface area contributed by atoms with Crippen molar-refractivity contribution in [3.05, 3.63) is 23.8 Å². The SMILES string of the molecule is CC(C)Oc1cc(C2=NOC3(CCOC3)C2)ccc1OCCN1CCOCC1. The number of benzene rings is 1.